The van der Waals surface area contributed by atoms with Crippen LogP contribution in [0.5, 0.6) is 17.4 Å². The molecule has 1 aromatic heterocycles. The van der Waals surface area contributed by atoms with Gasteiger partial charge in [-0.3, -0.25) is 19.4 Å². The maximum atomic E-state index is 16.2. The number of fused-ring (bicyclic) bond motifs is 5. The van der Waals surface area contributed by atoms with Crippen LogP contribution in [0.2, 0.25) is 18.1 Å². The van der Waals surface area contributed by atoms with E-state index in [0.29, 0.717) is 34.4 Å². The van der Waals surface area contributed by atoms with Gasteiger partial charge in [-0.1, -0.05) is 63.2 Å². The number of carbonyl (C=O) groups is 3. The van der Waals surface area contributed by atoms with Gasteiger partial charge in [-0.25, -0.2) is 4.79 Å². The molecule has 3 aromatic carbocycles. The molecule has 342 valence electrons. The summed E-state index contributed by atoms with van der Waals surface area (Å²) in [5.74, 6) is -2.15. The van der Waals surface area contributed by atoms with Gasteiger partial charge >= 0.3 is 6.16 Å². The van der Waals surface area contributed by atoms with Gasteiger partial charge in [0, 0.05) is 34.4 Å². The molecule has 4 aromatic rings. The van der Waals surface area contributed by atoms with E-state index in [2.05, 4.69) is 36.9 Å². The van der Waals surface area contributed by atoms with Crippen molar-refractivity contribution in [2.24, 2.45) is 11.8 Å². The highest BCUT2D eigenvalue weighted by atomic mass is 28.4. The summed E-state index contributed by atoms with van der Waals surface area (Å²) in [6, 6.07) is 14.9. The van der Waals surface area contributed by atoms with Crippen molar-refractivity contribution in [3.05, 3.63) is 87.7 Å². The van der Waals surface area contributed by atoms with E-state index in [0.717, 1.165) is 30.6 Å². The topological polar surface area (TPSA) is 150 Å². The highest BCUT2D eigenvalue weighted by molar-refractivity contribution is 6.74. The second kappa shape index (κ2) is 16.4. The summed E-state index contributed by atoms with van der Waals surface area (Å²) in [5.41, 5.74) is -0.325. The number of ketones is 2. The first kappa shape index (κ1) is 45.5. The average Bonchev–Trinajstić information content (AvgIpc) is 3.60. The molecule has 0 unspecified atom stereocenters. The lowest BCUT2D eigenvalue weighted by Crippen LogP contribution is -2.68. The first-order valence-corrected chi connectivity index (χ1v) is 25.4. The van der Waals surface area contributed by atoms with Crippen molar-refractivity contribution in [1.82, 2.24) is 15.0 Å². The molecule has 0 amide bonds. The zero-order valence-electron chi connectivity index (χ0n) is 39.3. The smallest absolute Gasteiger partial charge is 0.507 e. The number of aliphatic hydroxyl groups is 1. The number of likely N-dealkylation sites (tertiary alicyclic amines) is 1. The van der Waals surface area contributed by atoms with Gasteiger partial charge in [0.25, 0.3) is 5.88 Å². The lowest BCUT2D eigenvalue weighted by atomic mass is 9.57. The molecule has 0 radical (unpaired) electrons. The Hall–Kier alpha value is -5.02. The number of Topliss-reactive ketones (excluding diaryl/α,β-unsaturated/α-hetero) is 2. The SMILES string of the molecule is CC(C)Oc1c2c(c(OC(=O)OC(C)(C)C)c3cc(CN4CCC4)ccc13)C(O)=C1C(=O)[C@]3(O[Si](C)(C)C(C)(C)C)C(=O)c4c(OCc5ccccc5)noc4[C@@H](N(C)C)[C@@H]3C[C@@H]1C2. The van der Waals surface area contributed by atoms with Crippen molar-refractivity contribution in [3.8, 4) is 17.4 Å². The van der Waals surface area contributed by atoms with Crippen molar-refractivity contribution in [2.45, 2.75) is 129 Å². The molecule has 0 bridgehead atoms. The van der Waals surface area contributed by atoms with Gasteiger partial charge in [-0.15, -0.1) is 0 Å². The molecule has 64 heavy (non-hydrogen) atoms. The van der Waals surface area contributed by atoms with Gasteiger partial charge in [-0.05, 0) is 127 Å². The monoisotopic (exact) mass is 893 g/mol. The molecule has 4 aliphatic rings. The van der Waals surface area contributed by atoms with Crippen LogP contribution in [0.15, 0.2) is 58.6 Å². The molecule has 14 heteroatoms. The summed E-state index contributed by atoms with van der Waals surface area (Å²) in [6.45, 7) is 22.1. The third-order valence-corrected chi connectivity index (χ3v) is 18.0. The summed E-state index contributed by atoms with van der Waals surface area (Å²) in [5, 5.41) is 18.1. The number of rotatable bonds is 11. The molecule has 3 aliphatic carbocycles. The number of hydrogen-bond acceptors (Lipinski definition) is 13. The van der Waals surface area contributed by atoms with E-state index in [9.17, 15) is 9.90 Å². The zero-order valence-corrected chi connectivity index (χ0v) is 40.3. The number of aromatic nitrogens is 1. The second-order valence-corrected chi connectivity index (χ2v) is 25.7. The van der Waals surface area contributed by atoms with E-state index in [1.54, 1.807) is 20.8 Å². The Kier molecular flexibility index (Phi) is 11.7. The van der Waals surface area contributed by atoms with Crippen LogP contribution in [0.4, 0.5) is 4.79 Å². The normalized spacial score (nSPS) is 22.5. The summed E-state index contributed by atoms with van der Waals surface area (Å²) in [6.07, 6.45) is 0.373. The summed E-state index contributed by atoms with van der Waals surface area (Å²) in [4.78, 5) is 50.0. The highest BCUT2D eigenvalue weighted by Crippen LogP contribution is 2.60. The number of aliphatic hydroxyl groups excluding tert-OH is 1. The fraction of sp³-hybridized carbons (Fsp3) is 0.520. The van der Waals surface area contributed by atoms with Crippen molar-refractivity contribution in [1.29, 1.82) is 0 Å². The molecule has 1 saturated carbocycles. The number of nitrogens with zero attached hydrogens (tertiary/aromatic N) is 3. The molecule has 2 heterocycles. The molecule has 2 fully saturated rings. The van der Waals surface area contributed by atoms with E-state index in [1.165, 1.54) is 0 Å². The molecule has 8 rings (SSSR count). The Morgan fingerprint density at radius 2 is 1.67 bits per heavy atom. The predicted molar refractivity (Wildman–Crippen MR) is 245 cm³/mol. The third kappa shape index (κ3) is 7.94. The standard InChI is InChI=1S/C50H63N3O10Si/c1-28(2)59-41-32-20-19-30(26-53-21-16-22-53)23-33(32)42(60-47(57)61-48(3,4)5)37-34(41)24-31-25-35-39(52(9)10)43-38(46(51-62-43)58-27-29-17-14-13-15-18-29)45(56)50(35,44(55)36(31)40(37)54)63-64(11,12)49(6,7)8/h13-15,17-20,23,28,31,35,39,54H,16,21-22,24-27H2,1-12H3/t31-,35-,39-,50-/m0/s1. The summed E-state index contributed by atoms with van der Waals surface area (Å²) < 4.78 is 38.2. The van der Waals surface area contributed by atoms with Crippen LogP contribution in [0, 0.1) is 11.8 Å². The zero-order chi connectivity index (χ0) is 46.3. The lowest BCUT2D eigenvalue weighted by molar-refractivity contribution is -0.140. The van der Waals surface area contributed by atoms with E-state index >= 15 is 9.59 Å². The highest BCUT2D eigenvalue weighted by Gasteiger charge is 2.69. The third-order valence-electron chi connectivity index (χ3n) is 13.6. The average molecular weight is 894 g/mol. The number of hydrogen-bond donors (Lipinski definition) is 1. The van der Waals surface area contributed by atoms with E-state index in [4.69, 9.17) is 27.9 Å². The van der Waals surface area contributed by atoms with Gasteiger partial charge in [-0.2, -0.15) is 0 Å². The Morgan fingerprint density at radius 1 is 0.969 bits per heavy atom. The molecule has 1 saturated heterocycles. The van der Waals surface area contributed by atoms with E-state index in [1.807, 2.05) is 88.4 Å². The van der Waals surface area contributed by atoms with Crippen molar-refractivity contribution < 1.29 is 47.4 Å². The number of carbonyl (C=O) groups excluding carboxylic acids is 3. The minimum absolute atomic E-state index is 0.0292. The van der Waals surface area contributed by atoms with Crippen molar-refractivity contribution >= 4 is 42.6 Å². The summed E-state index contributed by atoms with van der Waals surface area (Å²) in [7, 11) is 0.767. The molecule has 1 aliphatic heterocycles. The number of benzene rings is 3. The maximum Gasteiger partial charge on any atom is 0.514 e. The quantitative estimate of drug-likeness (QED) is 0.0659. The molecule has 0 spiro atoms. The fourth-order valence-electron chi connectivity index (χ4n) is 9.54. The van der Waals surface area contributed by atoms with Gasteiger partial charge in [0.15, 0.2) is 25.4 Å². The Bertz CT molecular complexity index is 2530. The Labute approximate surface area is 377 Å². The van der Waals surface area contributed by atoms with Crippen LogP contribution in [0.3, 0.4) is 0 Å². The predicted octanol–water partition coefficient (Wildman–Crippen LogP) is 10.0. The van der Waals surface area contributed by atoms with Crippen LogP contribution in [-0.2, 0) is 33.5 Å². The fourth-order valence-corrected chi connectivity index (χ4v) is 11.0. The van der Waals surface area contributed by atoms with Crippen LogP contribution >= 0.6 is 0 Å². The van der Waals surface area contributed by atoms with E-state index in [-0.39, 0.29) is 59.6 Å². The van der Waals surface area contributed by atoms with Gasteiger partial charge in [0.2, 0.25) is 11.6 Å². The summed E-state index contributed by atoms with van der Waals surface area (Å²) >= 11 is 0. The van der Waals surface area contributed by atoms with Gasteiger partial charge < -0.3 is 33.0 Å². The van der Waals surface area contributed by atoms with Crippen LogP contribution in [0.1, 0.15) is 113 Å². The Morgan fingerprint density at radius 3 is 2.28 bits per heavy atom. The maximum absolute atomic E-state index is 16.2. The largest absolute Gasteiger partial charge is 0.514 e. The van der Waals surface area contributed by atoms with Gasteiger partial charge in [0.1, 0.15) is 29.3 Å². The van der Waals surface area contributed by atoms with Crippen molar-refractivity contribution in [2.75, 3.05) is 27.2 Å². The minimum Gasteiger partial charge on any atom is -0.507 e. The minimum atomic E-state index is -3.00. The lowest BCUT2D eigenvalue weighted by Gasteiger charge is -2.55. The molecule has 13 nitrogen and oxygen atoms in total. The number of ether oxygens (including phenoxy) is 4. The van der Waals surface area contributed by atoms with Crippen molar-refractivity contribution in [3.63, 3.8) is 0 Å². The van der Waals surface area contributed by atoms with E-state index < -0.39 is 60.2 Å². The Balaban J connectivity index is 1.37. The first-order chi connectivity index (χ1) is 30.0. The molecule has 4 atom stereocenters. The molecular weight excluding hydrogens is 831 g/mol. The van der Waals surface area contributed by atoms with Gasteiger partial charge in [0.05, 0.1) is 17.7 Å². The first-order valence-electron chi connectivity index (χ1n) is 22.5. The molecular formula is C50H63N3O10Si. The van der Waals surface area contributed by atoms with Crippen LogP contribution in [0.25, 0.3) is 16.5 Å². The van der Waals surface area contributed by atoms with Crippen LogP contribution < -0.4 is 14.2 Å². The van der Waals surface area contributed by atoms with Crippen LogP contribution in [-0.4, -0.2) is 90.6 Å². The molecule has 1 N–H and O–H groups in total. The second-order valence-electron chi connectivity index (χ2n) is 20.9.